The van der Waals surface area contributed by atoms with Crippen LogP contribution in [0.25, 0.3) is 10.9 Å². The van der Waals surface area contributed by atoms with Crippen LogP contribution < -0.4 is 4.74 Å². The largest absolute Gasteiger partial charge is 0.496 e. The molecule has 214 valence electrons. The van der Waals surface area contributed by atoms with Gasteiger partial charge in [-0.2, -0.15) is 0 Å². The van der Waals surface area contributed by atoms with Gasteiger partial charge in [0.2, 0.25) is 0 Å². The van der Waals surface area contributed by atoms with Crippen LogP contribution in [-0.4, -0.2) is 58.6 Å². The van der Waals surface area contributed by atoms with Crippen LogP contribution in [-0.2, 0) is 16.0 Å². The van der Waals surface area contributed by atoms with Crippen molar-refractivity contribution < 1.29 is 28.9 Å². The summed E-state index contributed by atoms with van der Waals surface area (Å²) in [4.78, 5) is 27.5. The highest BCUT2D eigenvalue weighted by Crippen LogP contribution is 2.50. The average Bonchev–Trinajstić information content (AvgIpc) is 3.69. The lowest BCUT2D eigenvalue weighted by Crippen LogP contribution is -2.47. The summed E-state index contributed by atoms with van der Waals surface area (Å²) in [6.07, 6.45) is 4.79. The lowest BCUT2D eigenvalue weighted by Gasteiger charge is -2.45. The van der Waals surface area contributed by atoms with E-state index in [1.165, 1.54) is 7.11 Å². The molecular weight excluding hydrogens is 508 g/mol. The number of rotatable bonds is 6. The van der Waals surface area contributed by atoms with Gasteiger partial charge in [0.25, 0.3) is 0 Å². The minimum Gasteiger partial charge on any atom is -0.496 e. The lowest BCUT2D eigenvalue weighted by atomic mass is 9.80. The summed E-state index contributed by atoms with van der Waals surface area (Å²) >= 11 is 0. The van der Waals surface area contributed by atoms with E-state index in [0.717, 1.165) is 46.2 Å². The molecule has 0 bridgehead atoms. The molecule has 1 aliphatic carbocycles. The monoisotopic (exact) mass is 548 g/mol. The number of carbonyl (C=O) groups is 2. The van der Waals surface area contributed by atoms with Gasteiger partial charge in [0, 0.05) is 36.3 Å². The van der Waals surface area contributed by atoms with E-state index < -0.39 is 17.3 Å². The van der Waals surface area contributed by atoms with Crippen LogP contribution in [0.2, 0.25) is 0 Å². The molecule has 1 aromatic heterocycles. The second-order valence-corrected chi connectivity index (χ2v) is 12.2. The first-order valence-corrected chi connectivity index (χ1v) is 14.0. The van der Waals surface area contributed by atoms with Gasteiger partial charge >= 0.3 is 12.1 Å². The maximum atomic E-state index is 13.1. The number of hydrogen-bond acceptors (Lipinski definition) is 7. The number of benzene rings is 2. The second kappa shape index (κ2) is 10.6. The number of aromatic nitrogens is 1. The molecule has 0 amide bonds. The molecule has 2 aliphatic rings. The number of likely N-dealkylation sites (tertiary alicyclic amines) is 1. The molecule has 2 heterocycles. The van der Waals surface area contributed by atoms with Crippen molar-refractivity contribution in [2.45, 2.75) is 77.2 Å². The molecule has 5 rings (SSSR count). The van der Waals surface area contributed by atoms with Crippen molar-refractivity contribution in [3.8, 4) is 5.75 Å². The Labute approximate surface area is 235 Å². The number of hydrogen-bond donors (Lipinski definition) is 1. The van der Waals surface area contributed by atoms with Gasteiger partial charge in [0.05, 0.1) is 30.9 Å². The SMILES string of the molecule is COC(=O)c1ccc([C@@H]2CC(O)(C3CC3)CCN2Cc2c(OC)cc(C)c3c2ccn3C(=O)OC(C)(C)C)cc1. The van der Waals surface area contributed by atoms with Gasteiger partial charge in [-0.15, -0.1) is 0 Å². The number of carbonyl (C=O) groups excluding carboxylic acids is 2. The maximum Gasteiger partial charge on any atom is 0.419 e. The summed E-state index contributed by atoms with van der Waals surface area (Å²) in [5.74, 6) is 0.729. The van der Waals surface area contributed by atoms with Crippen LogP contribution in [0.5, 0.6) is 5.75 Å². The van der Waals surface area contributed by atoms with Crippen LogP contribution >= 0.6 is 0 Å². The maximum absolute atomic E-state index is 13.1. The van der Waals surface area contributed by atoms with Crippen LogP contribution in [0.1, 0.15) is 79.5 Å². The van der Waals surface area contributed by atoms with Gasteiger partial charge in [-0.1, -0.05) is 12.1 Å². The standard InChI is InChI=1S/C32H40N2O6/c1-20-17-27(38-5)25(24-13-15-34(28(20)24)30(36)40-31(2,3)4)19-33-16-14-32(37,23-11-12-23)18-26(33)21-7-9-22(10-8-21)29(35)39-6/h7-10,13,15,17,23,26,37H,11-12,14,16,18-19H2,1-6H3/t26-,32?/m0/s1. The Morgan fingerprint density at radius 1 is 1.10 bits per heavy atom. The van der Waals surface area contributed by atoms with Crippen LogP contribution in [0.4, 0.5) is 4.79 Å². The number of fused-ring (bicyclic) bond motifs is 1. The van der Waals surface area contributed by atoms with E-state index in [1.54, 1.807) is 30.0 Å². The Hall–Kier alpha value is -3.36. The fourth-order valence-electron chi connectivity index (χ4n) is 6.10. The zero-order valence-electron chi connectivity index (χ0n) is 24.3. The topological polar surface area (TPSA) is 90.2 Å². The summed E-state index contributed by atoms with van der Waals surface area (Å²) < 4.78 is 18.0. The van der Waals surface area contributed by atoms with Crippen molar-refractivity contribution >= 4 is 23.0 Å². The van der Waals surface area contributed by atoms with Crippen molar-refractivity contribution in [3.05, 3.63) is 64.8 Å². The lowest BCUT2D eigenvalue weighted by molar-refractivity contribution is -0.0661. The third-order valence-electron chi connectivity index (χ3n) is 8.27. The summed E-state index contributed by atoms with van der Waals surface area (Å²) in [7, 11) is 3.04. The van der Waals surface area contributed by atoms with E-state index in [9.17, 15) is 14.7 Å². The summed E-state index contributed by atoms with van der Waals surface area (Å²) in [5.41, 5.74) is 2.93. The third kappa shape index (κ3) is 5.47. The molecule has 1 aliphatic heterocycles. The number of ether oxygens (including phenoxy) is 3. The molecule has 40 heavy (non-hydrogen) atoms. The van der Waals surface area contributed by atoms with Gasteiger partial charge in [-0.25, -0.2) is 9.59 Å². The molecule has 1 saturated heterocycles. The molecule has 3 aromatic rings. The molecule has 8 nitrogen and oxygen atoms in total. The quantitative estimate of drug-likeness (QED) is 0.378. The van der Waals surface area contributed by atoms with E-state index in [-0.39, 0.29) is 12.0 Å². The number of esters is 1. The van der Waals surface area contributed by atoms with E-state index in [1.807, 2.05) is 52.0 Å². The molecule has 1 unspecified atom stereocenters. The minimum atomic E-state index is -0.699. The van der Waals surface area contributed by atoms with Gasteiger partial charge in [-0.3, -0.25) is 9.47 Å². The first-order valence-electron chi connectivity index (χ1n) is 14.0. The Morgan fingerprint density at radius 3 is 2.40 bits per heavy atom. The number of aliphatic hydroxyl groups is 1. The van der Waals surface area contributed by atoms with Crippen molar-refractivity contribution in [3.63, 3.8) is 0 Å². The molecule has 1 N–H and O–H groups in total. The minimum absolute atomic E-state index is 0.0555. The molecule has 8 heteroatoms. The summed E-state index contributed by atoms with van der Waals surface area (Å²) in [6, 6.07) is 11.4. The molecule has 0 spiro atoms. The second-order valence-electron chi connectivity index (χ2n) is 12.2. The number of methoxy groups -OCH3 is 2. The van der Waals surface area contributed by atoms with Gasteiger partial charge in [0.1, 0.15) is 11.4 Å². The fraction of sp³-hybridized carbons (Fsp3) is 0.500. The Bertz CT molecular complexity index is 1420. The molecular formula is C32H40N2O6. The molecule has 1 saturated carbocycles. The predicted octanol–water partition coefficient (Wildman–Crippen LogP) is 6.01. The van der Waals surface area contributed by atoms with Crippen LogP contribution in [0, 0.1) is 12.8 Å². The Morgan fingerprint density at radius 2 is 1.80 bits per heavy atom. The Balaban J connectivity index is 1.53. The normalized spacial score (nSPS) is 21.8. The van der Waals surface area contributed by atoms with E-state index in [2.05, 4.69) is 4.90 Å². The van der Waals surface area contributed by atoms with Crippen molar-refractivity contribution in [2.75, 3.05) is 20.8 Å². The smallest absolute Gasteiger partial charge is 0.419 e. The van der Waals surface area contributed by atoms with Crippen molar-refractivity contribution in [1.29, 1.82) is 0 Å². The predicted molar refractivity (Wildman–Crippen MR) is 153 cm³/mol. The van der Waals surface area contributed by atoms with Crippen molar-refractivity contribution in [2.24, 2.45) is 5.92 Å². The third-order valence-corrected chi connectivity index (χ3v) is 8.27. The van der Waals surface area contributed by atoms with Gasteiger partial charge < -0.3 is 19.3 Å². The first kappa shape index (κ1) is 28.2. The van der Waals surface area contributed by atoms with E-state index in [0.29, 0.717) is 37.4 Å². The number of aryl methyl sites for hydroxylation is 1. The summed E-state index contributed by atoms with van der Waals surface area (Å²) in [5, 5.41) is 12.5. The highest BCUT2D eigenvalue weighted by molar-refractivity contribution is 5.95. The molecule has 2 atom stereocenters. The number of piperidine rings is 1. The fourth-order valence-corrected chi connectivity index (χ4v) is 6.10. The zero-order chi connectivity index (χ0) is 28.8. The van der Waals surface area contributed by atoms with E-state index >= 15 is 0 Å². The highest BCUT2D eigenvalue weighted by atomic mass is 16.6. The van der Waals surface area contributed by atoms with Gasteiger partial charge in [-0.05, 0) is 94.7 Å². The van der Waals surface area contributed by atoms with Crippen LogP contribution in [0.3, 0.4) is 0 Å². The summed E-state index contributed by atoms with van der Waals surface area (Å²) in [6.45, 7) is 8.82. The molecule has 2 fully saturated rings. The van der Waals surface area contributed by atoms with E-state index in [4.69, 9.17) is 14.2 Å². The average molecular weight is 549 g/mol. The number of nitrogens with zero attached hydrogens (tertiary/aromatic N) is 2. The zero-order valence-corrected chi connectivity index (χ0v) is 24.3. The van der Waals surface area contributed by atoms with Crippen LogP contribution in [0.15, 0.2) is 42.6 Å². The van der Waals surface area contributed by atoms with Gasteiger partial charge in [0.15, 0.2) is 0 Å². The van der Waals surface area contributed by atoms with Crippen molar-refractivity contribution in [1.82, 2.24) is 9.47 Å². The molecule has 0 radical (unpaired) electrons. The first-order chi connectivity index (χ1) is 18.9. The molecule has 2 aromatic carbocycles. The highest BCUT2D eigenvalue weighted by Gasteiger charge is 2.48. The Kier molecular flexibility index (Phi) is 7.44.